The number of carbonyl (C=O) groups excluding carboxylic acids is 1. The van der Waals surface area contributed by atoms with Gasteiger partial charge in [0.2, 0.25) is 0 Å². The van der Waals surface area contributed by atoms with E-state index in [2.05, 4.69) is 22.5 Å². The largest absolute Gasteiger partial charge is 0.399 e. The molecule has 0 unspecified atom stereocenters. The topological polar surface area (TPSA) is 99.8 Å². The first-order valence-corrected chi connectivity index (χ1v) is 11.5. The number of ketones is 1. The fourth-order valence-electron chi connectivity index (χ4n) is 4.26. The molecule has 0 bridgehead atoms. The number of nitrogens with two attached hydrogens (primary N) is 2. The van der Waals surface area contributed by atoms with Crippen molar-refractivity contribution in [2.75, 3.05) is 11.5 Å². The number of imidazole rings is 1. The van der Waals surface area contributed by atoms with E-state index >= 15 is 0 Å². The number of nitrogens with zero attached hydrogens (tertiary/aromatic N) is 3. The van der Waals surface area contributed by atoms with Crippen molar-refractivity contribution in [3.8, 4) is 0 Å². The number of nitrogen functional groups attached to an aromatic ring is 2. The number of unbranched alkanes of at least 4 members (excludes halogenated alkanes) is 3. The molecule has 0 radical (unpaired) electrons. The van der Waals surface area contributed by atoms with E-state index in [0.29, 0.717) is 23.5 Å². The third-order valence-electron chi connectivity index (χ3n) is 5.94. The van der Waals surface area contributed by atoms with E-state index in [9.17, 15) is 4.79 Å². The molecular weight excluding hydrogens is 398 g/mol. The number of aromatic nitrogens is 3. The number of rotatable bonds is 10. The molecular formula is C26H31N5O. The van der Waals surface area contributed by atoms with Gasteiger partial charge in [-0.3, -0.25) is 4.79 Å². The fraction of sp³-hybridized carbons (Fsp3) is 0.346. The Morgan fingerprint density at radius 1 is 0.969 bits per heavy atom. The number of benzene rings is 2. The number of hydrogen-bond acceptors (Lipinski definition) is 5. The summed E-state index contributed by atoms with van der Waals surface area (Å²) in [5, 5.41) is 1.09. The molecule has 0 saturated carbocycles. The first-order valence-electron chi connectivity index (χ1n) is 11.5. The number of Topliss-reactive ketones (excluding diaryl/α,β-unsaturated/α-hetero) is 1. The van der Waals surface area contributed by atoms with Crippen LogP contribution in [0.1, 0.15) is 61.6 Å². The van der Waals surface area contributed by atoms with Crippen LogP contribution in [0.4, 0.5) is 11.5 Å². The molecule has 0 fully saturated rings. The Kier molecular flexibility index (Phi) is 6.69. The zero-order valence-electron chi connectivity index (χ0n) is 18.7. The van der Waals surface area contributed by atoms with E-state index in [0.717, 1.165) is 72.8 Å². The monoisotopic (exact) mass is 429 g/mol. The van der Waals surface area contributed by atoms with Crippen LogP contribution in [0.3, 0.4) is 0 Å². The summed E-state index contributed by atoms with van der Waals surface area (Å²) in [6.45, 7) is 3.05. The average Bonchev–Trinajstić information content (AvgIpc) is 3.16. The molecule has 6 heteroatoms. The van der Waals surface area contributed by atoms with E-state index in [-0.39, 0.29) is 5.78 Å². The van der Waals surface area contributed by atoms with E-state index in [1.807, 2.05) is 30.3 Å². The van der Waals surface area contributed by atoms with Gasteiger partial charge in [-0.05, 0) is 37.5 Å². The van der Waals surface area contributed by atoms with Crippen molar-refractivity contribution in [1.29, 1.82) is 0 Å². The lowest BCUT2D eigenvalue weighted by Gasteiger charge is -2.11. The molecule has 0 amide bonds. The third-order valence-corrected chi connectivity index (χ3v) is 5.94. The van der Waals surface area contributed by atoms with Gasteiger partial charge in [-0.15, -0.1) is 0 Å². The van der Waals surface area contributed by atoms with Gasteiger partial charge in [-0.2, -0.15) is 0 Å². The number of anilines is 2. The number of fused-ring (bicyclic) bond motifs is 3. The van der Waals surface area contributed by atoms with Crippen molar-refractivity contribution < 1.29 is 4.79 Å². The summed E-state index contributed by atoms with van der Waals surface area (Å²) in [5.74, 6) is 1.71. The van der Waals surface area contributed by atoms with Gasteiger partial charge < -0.3 is 16.0 Å². The standard InChI is InChI=1S/C26H31N5O/c1-2-3-15-23-30-24-25(20-12-6-7-13-21(20)29-26(24)28)31(23)16-8-4-5-14-22(32)18-10-9-11-19(27)17-18/h6-7,9-13,17H,2-5,8,14-16,27H2,1H3,(H2,28,29). The molecule has 2 aromatic heterocycles. The summed E-state index contributed by atoms with van der Waals surface area (Å²) in [6.07, 6.45) is 6.47. The van der Waals surface area contributed by atoms with E-state index in [4.69, 9.17) is 16.5 Å². The summed E-state index contributed by atoms with van der Waals surface area (Å²) >= 11 is 0. The van der Waals surface area contributed by atoms with Crippen LogP contribution in [0.2, 0.25) is 0 Å². The average molecular weight is 430 g/mol. The van der Waals surface area contributed by atoms with Crippen LogP contribution < -0.4 is 11.5 Å². The molecule has 6 nitrogen and oxygen atoms in total. The van der Waals surface area contributed by atoms with Gasteiger partial charge >= 0.3 is 0 Å². The lowest BCUT2D eigenvalue weighted by molar-refractivity contribution is 0.0979. The zero-order valence-corrected chi connectivity index (χ0v) is 18.7. The van der Waals surface area contributed by atoms with Crippen molar-refractivity contribution >= 4 is 39.2 Å². The Morgan fingerprint density at radius 2 is 1.81 bits per heavy atom. The number of para-hydroxylation sites is 1. The van der Waals surface area contributed by atoms with Gasteiger partial charge in [-0.1, -0.05) is 50.1 Å². The highest BCUT2D eigenvalue weighted by molar-refractivity contribution is 6.06. The highest BCUT2D eigenvalue weighted by Crippen LogP contribution is 2.29. The summed E-state index contributed by atoms with van der Waals surface area (Å²) in [5.41, 5.74) is 16.2. The van der Waals surface area contributed by atoms with E-state index < -0.39 is 0 Å². The highest BCUT2D eigenvalue weighted by atomic mass is 16.1. The van der Waals surface area contributed by atoms with E-state index in [1.54, 1.807) is 12.1 Å². The maximum atomic E-state index is 12.4. The number of aryl methyl sites for hydroxylation is 2. The Hall–Kier alpha value is -3.41. The van der Waals surface area contributed by atoms with Gasteiger partial charge in [0.1, 0.15) is 11.3 Å². The molecule has 4 rings (SSSR count). The number of hydrogen-bond donors (Lipinski definition) is 2. The molecule has 0 spiro atoms. The summed E-state index contributed by atoms with van der Waals surface area (Å²) in [4.78, 5) is 21.9. The second-order valence-electron chi connectivity index (χ2n) is 8.35. The van der Waals surface area contributed by atoms with Crippen molar-refractivity contribution in [2.45, 2.75) is 58.4 Å². The molecule has 2 aromatic carbocycles. The van der Waals surface area contributed by atoms with Gasteiger partial charge in [0, 0.05) is 36.0 Å². The number of carbonyl (C=O) groups is 1. The predicted molar refractivity (Wildman–Crippen MR) is 132 cm³/mol. The molecule has 0 aliphatic rings. The minimum Gasteiger partial charge on any atom is -0.399 e. The van der Waals surface area contributed by atoms with Crippen LogP contribution in [0.5, 0.6) is 0 Å². The van der Waals surface area contributed by atoms with Gasteiger partial charge in [0.15, 0.2) is 11.6 Å². The smallest absolute Gasteiger partial charge is 0.162 e. The van der Waals surface area contributed by atoms with Crippen LogP contribution in [0, 0.1) is 0 Å². The number of pyridine rings is 1. The summed E-state index contributed by atoms with van der Waals surface area (Å²) in [7, 11) is 0. The van der Waals surface area contributed by atoms with Crippen LogP contribution in [-0.2, 0) is 13.0 Å². The van der Waals surface area contributed by atoms with Crippen molar-refractivity contribution in [1.82, 2.24) is 14.5 Å². The van der Waals surface area contributed by atoms with Crippen LogP contribution in [-0.4, -0.2) is 20.3 Å². The van der Waals surface area contributed by atoms with Crippen molar-refractivity contribution in [3.05, 3.63) is 59.9 Å². The van der Waals surface area contributed by atoms with Gasteiger partial charge in [0.05, 0.1) is 11.0 Å². The lowest BCUT2D eigenvalue weighted by atomic mass is 10.0. The highest BCUT2D eigenvalue weighted by Gasteiger charge is 2.17. The maximum Gasteiger partial charge on any atom is 0.162 e. The van der Waals surface area contributed by atoms with Crippen molar-refractivity contribution in [2.24, 2.45) is 0 Å². The molecule has 4 aromatic rings. The molecule has 0 saturated heterocycles. The van der Waals surface area contributed by atoms with Crippen molar-refractivity contribution in [3.63, 3.8) is 0 Å². The Morgan fingerprint density at radius 3 is 2.62 bits per heavy atom. The molecule has 2 heterocycles. The Balaban J connectivity index is 1.49. The minimum absolute atomic E-state index is 0.152. The Labute approximate surface area is 188 Å². The maximum absolute atomic E-state index is 12.4. The lowest BCUT2D eigenvalue weighted by Crippen LogP contribution is -2.05. The predicted octanol–water partition coefficient (Wildman–Crippen LogP) is 5.53. The van der Waals surface area contributed by atoms with Gasteiger partial charge in [0.25, 0.3) is 0 Å². The van der Waals surface area contributed by atoms with Crippen LogP contribution >= 0.6 is 0 Å². The second kappa shape index (κ2) is 9.81. The molecule has 0 aliphatic heterocycles. The first-order chi connectivity index (χ1) is 15.6. The molecule has 32 heavy (non-hydrogen) atoms. The quantitative estimate of drug-likeness (QED) is 0.196. The van der Waals surface area contributed by atoms with Gasteiger partial charge in [-0.25, -0.2) is 9.97 Å². The fourth-order valence-corrected chi connectivity index (χ4v) is 4.26. The van der Waals surface area contributed by atoms with Crippen LogP contribution in [0.15, 0.2) is 48.5 Å². The minimum atomic E-state index is 0.152. The molecule has 0 aliphatic carbocycles. The Bertz CT molecular complexity index is 1240. The second-order valence-corrected chi connectivity index (χ2v) is 8.35. The first kappa shape index (κ1) is 21.8. The van der Waals surface area contributed by atoms with Crippen LogP contribution in [0.25, 0.3) is 21.9 Å². The zero-order chi connectivity index (χ0) is 22.5. The van der Waals surface area contributed by atoms with E-state index in [1.165, 1.54) is 0 Å². The molecule has 0 atom stereocenters. The normalized spacial score (nSPS) is 11.4. The summed E-state index contributed by atoms with van der Waals surface area (Å²) in [6, 6.07) is 15.3. The molecule has 166 valence electrons. The molecule has 4 N–H and O–H groups in total. The summed E-state index contributed by atoms with van der Waals surface area (Å²) < 4.78 is 2.32. The third kappa shape index (κ3) is 4.59. The SMILES string of the molecule is CCCCc1nc2c(N)nc3ccccc3c2n1CCCCCC(=O)c1cccc(N)c1.